The van der Waals surface area contributed by atoms with Gasteiger partial charge in [-0.25, -0.2) is 9.97 Å². The van der Waals surface area contributed by atoms with Gasteiger partial charge in [-0.3, -0.25) is 4.79 Å². The van der Waals surface area contributed by atoms with Gasteiger partial charge in [0.15, 0.2) is 5.82 Å². The third kappa shape index (κ3) is 4.58. The number of carbonyl (C=O) groups excluding carboxylic acids is 1. The Morgan fingerprint density at radius 2 is 2.03 bits per heavy atom. The number of hydrogen-bond acceptors (Lipinski definition) is 5. The van der Waals surface area contributed by atoms with Crippen molar-refractivity contribution in [3.05, 3.63) is 53.1 Å². The van der Waals surface area contributed by atoms with Crippen molar-refractivity contribution in [3.63, 3.8) is 0 Å². The highest BCUT2D eigenvalue weighted by Crippen LogP contribution is 2.30. The van der Waals surface area contributed by atoms with E-state index >= 15 is 0 Å². The third-order valence-electron chi connectivity index (χ3n) is 6.05. The van der Waals surface area contributed by atoms with Gasteiger partial charge < -0.3 is 14.5 Å². The number of piperidine rings is 1. The summed E-state index contributed by atoms with van der Waals surface area (Å²) in [5.41, 5.74) is 3.53. The minimum absolute atomic E-state index is 0.0112. The summed E-state index contributed by atoms with van der Waals surface area (Å²) in [6.07, 6.45) is 7.31. The Morgan fingerprint density at radius 1 is 1.21 bits per heavy atom. The van der Waals surface area contributed by atoms with E-state index in [2.05, 4.69) is 16.9 Å². The molecule has 1 saturated heterocycles. The number of likely N-dealkylation sites (tertiary alicyclic amines) is 1. The predicted molar refractivity (Wildman–Crippen MR) is 112 cm³/mol. The van der Waals surface area contributed by atoms with Gasteiger partial charge in [-0.15, -0.1) is 0 Å². The molecule has 2 aromatic rings. The standard InChI is InChI=1S/C23H30N4O2/c1-26-14-12-20-18(16-26)15-24-23(25-20)21-5-3-4-13-27(21)22(28)11-8-17-6-9-19(29-2)10-7-17/h6-7,9-10,15,21H,3-5,8,11-14,16H2,1-2H3/t21-/m1/s1. The molecular formula is C23H30N4O2. The van der Waals surface area contributed by atoms with Gasteiger partial charge in [0.05, 0.1) is 13.2 Å². The lowest BCUT2D eigenvalue weighted by atomic mass is 9.99. The number of amides is 1. The van der Waals surface area contributed by atoms with Crippen LogP contribution in [0.3, 0.4) is 0 Å². The number of hydrogen-bond donors (Lipinski definition) is 0. The molecule has 154 valence electrons. The van der Waals surface area contributed by atoms with Crippen LogP contribution in [0.1, 0.15) is 54.4 Å². The average molecular weight is 395 g/mol. The quantitative estimate of drug-likeness (QED) is 0.780. The number of methoxy groups -OCH3 is 1. The van der Waals surface area contributed by atoms with E-state index in [-0.39, 0.29) is 11.9 Å². The summed E-state index contributed by atoms with van der Waals surface area (Å²) in [5, 5.41) is 0. The zero-order valence-electron chi connectivity index (χ0n) is 17.4. The molecule has 1 fully saturated rings. The Morgan fingerprint density at radius 3 is 2.83 bits per heavy atom. The SMILES string of the molecule is COc1ccc(CCC(=O)N2CCCC[C@@H]2c2ncc3c(n2)CCN(C)C3)cc1. The summed E-state index contributed by atoms with van der Waals surface area (Å²) in [7, 11) is 3.79. The monoisotopic (exact) mass is 394 g/mol. The fraction of sp³-hybridized carbons (Fsp3) is 0.522. The molecule has 3 heterocycles. The maximum atomic E-state index is 13.0. The molecule has 6 nitrogen and oxygen atoms in total. The number of ether oxygens (including phenoxy) is 1. The highest BCUT2D eigenvalue weighted by Gasteiger charge is 2.30. The summed E-state index contributed by atoms with van der Waals surface area (Å²) >= 11 is 0. The second kappa shape index (κ2) is 8.91. The Kier molecular flexibility index (Phi) is 6.09. The van der Waals surface area contributed by atoms with Crippen LogP contribution in [-0.2, 0) is 24.2 Å². The molecule has 0 radical (unpaired) electrons. The van der Waals surface area contributed by atoms with Gasteiger partial charge in [-0.1, -0.05) is 12.1 Å². The van der Waals surface area contributed by atoms with Gasteiger partial charge in [0.1, 0.15) is 5.75 Å². The average Bonchev–Trinajstić information content (AvgIpc) is 2.77. The van der Waals surface area contributed by atoms with Crippen LogP contribution in [0.15, 0.2) is 30.5 Å². The van der Waals surface area contributed by atoms with Crippen LogP contribution in [0.2, 0.25) is 0 Å². The van der Waals surface area contributed by atoms with Gasteiger partial charge in [0, 0.05) is 49.9 Å². The van der Waals surface area contributed by atoms with Crippen LogP contribution in [0.25, 0.3) is 0 Å². The van der Waals surface area contributed by atoms with Crippen molar-refractivity contribution in [1.82, 2.24) is 19.8 Å². The lowest BCUT2D eigenvalue weighted by molar-refractivity contribution is -0.135. The number of benzene rings is 1. The van der Waals surface area contributed by atoms with E-state index in [1.54, 1.807) is 7.11 Å². The molecule has 1 amide bonds. The molecule has 4 rings (SSSR count). The van der Waals surface area contributed by atoms with E-state index in [0.717, 1.165) is 74.6 Å². The second-order valence-corrected chi connectivity index (χ2v) is 8.13. The first-order valence-electron chi connectivity index (χ1n) is 10.6. The molecule has 0 spiro atoms. The number of carbonyl (C=O) groups is 1. The lowest BCUT2D eigenvalue weighted by Gasteiger charge is -2.35. The molecule has 1 atom stereocenters. The third-order valence-corrected chi connectivity index (χ3v) is 6.05. The number of aromatic nitrogens is 2. The first-order valence-corrected chi connectivity index (χ1v) is 10.6. The number of fused-ring (bicyclic) bond motifs is 1. The number of aryl methyl sites for hydroxylation is 1. The van der Waals surface area contributed by atoms with Crippen LogP contribution < -0.4 is 4.74 Å². The summed E-state index contributed by atoms with van der Waals surface area (Å²) < 4.78 is 5.21. The number of nitrogens with zero attached hydrogens (tertiary/aromatic N) is 4. The van der Waals surface area contributed by atoms with E-state index in [0.29, 0.717) is 6.42 Å². The number of rotatable bonds is 5. The van der Waals surface area contributed by atoms with E-state index in [9.17, 15) is 4.79 Å². The molecule has 2 aliphatic heterocycles. The van der Waals surface area contributed by atoms with E-state index in [4.69, 9.17) is 9.72 Å². The molecule has 0 bridgehead atoms. The molecule has 29 heavy (non-hydrogen) atoms. The summed E-state index contributed by atoms with van der Waals surface area (Å²) in [4.78, 5) is 26.9. The smallest absolute Gasteiger partial charge is 0.223 e. The lowest BCUT2D eigenvalue weighted by Crippen LogP contribution is -2.39. The Balaban J connectivity index is 1.44. The van der Waals surface area contributed by atoms with Crippen LogP contribution >= 0.6 is 0 Å². The zero-order valence-corrected chi connectivity index (χ0v) is 17.4. The fourth-order valence-electron chi connectivity index (χ4n) is 4.32. The minimum atomic E-state index is 0.0112. The van der Waals surface area contributed by atoms with Gasteiger partial charge in [-0.05, 0) is 50.4 Å². The van der Waals surface area contributed by atoms with Crippen LogP contribution in [0.5, 0.6) is 5.75 Å². The van der Waals surface area contributed by atoms with Crippen molar-refractivity contribution in [1.29, 1.82) is 0 Å². The first kappa shape index (κ1) is 19.8. The van der Waals surface area contributed by atoms with Crippen molar-refractivity contribution in [3.8, 4) is 5.75 Å². The molecule has 0 unspecified atom stereocenters. The Labute approximate surface area is 172 Å². The zero-order chi connectivity index (χ0) is 20.2. The van der Waals surface area contributed by atoms with Crippen molar-refractivity contribution < 1.29 is 9.53 Å². The second-order valence-electron chi connectivity index (χ2n) is 8.13. The van der Waals surface area contributed by atoms with E-state index in [1.807, 2.05) is 35.4 Å². The van der Waals surface area contributed by atoms with Crippen molar-refractivity contribution >= 4 is 5.91 Å². The van der Waals surface area contributed by atoms with E-state index < -0.39 is 0 Å². The Bertz CT molecular complexity index is 852. The first-order chi connectivity index (χ1) is 14.1. The number of likely N-dealkylation sites (N-methyl/N-ethyl adjacent to an activating group) is 1. The molecule has 2 aliphatic rings. The molecule has 0 N–H and O–H groups in total. The van der Waals surface area contributed by atoms with Crippen molar-refractivity contribution in [2.75, 3.05) is 27.2 Å². The minimum Gasteiger partial charge on any atom is -0.497 e. The van der Waals surface area contributed by atoms with Gasteiger partial charge in [0.2, 0.25) is 5.91 Å². The van der Waals surface area contributed by atoms with Crippen molar-refractivity contribution in [2.24, 2.45) is 0 Å². The van der Waals surface area contributed by atoms with E-state index in [1.165, 1.54) is 5.56 Å². The summed E-state index contributed by atoms with van der Waals surface area (Å²) in [5.74, 6) is 1.87. The van der Waals surface area contributed by atoms with Crippen LogP contribution in [0, 0.1) is 0 Å². The molecular weight excluding hydrogens is 364 g/mol. The van der Waals surface area contributed by atoms with Gasteiger partial charge in [0.25, 0.3) is 0 Å². The topological polar surface area (TPSA) is 58.6 Å². The van der Waals surface area contributed by atoms with Crippen LogP contribution in [-0.4, -0.2) is 52.9 Å². The highest BCUT2D eigenvalue weighted by molar-refractivity contribution is 5.77. The highest BCUT2D eigenvalue weighted by atomic mass is 16.5. The normalized spacial score (nSPS) is 19.7. The van der Waals surface area contributed by atoms with Gasteiger partial charge >= 0.3 is 0 Å². The maximum Gasteiger partial charge on any atom is 0.223 e. The largest absolute Gasteiger partial charge is 0.497 e. The fourth-order valence-corrected chi connectivity index (χ4v) is 4.32. The predicted octanol–water partition coefficient (Wildman–Crippen LogP) is 3.16. The van der Waals surface area contributed by atoms with Crippen molar-refractivity contribution in [2.45, 2.75) is 51.1 Å². The molecule has 1 aromatic carbocycles. The molecule has 0 saturated carbocycles. The summed E-state index contributed by atoms with van der Waals surface area (Å²) in [6.45, 7) is 2.73. The van der Waals surface area contributed by atoms with Gasteiger partial charge in [-0.2, -0.15) is 0 Å². The molecule has 0 aliphatic carbocycles. The molecule has 6 heteroatoms. The summed E-state index contributed by atoms with van der Waals surface area (Å²) in [6, 6.07) is 7.97. The Hall–Kier alpha value is -2.47. The maximum absolute atomic E-state index is 13.0. The molecule has 1 aromatic heterocycles. The van der Waals surface area contributed by atoms with Crippen LogP contribution in [0.4, 0.5) is 0 Å².